The van der Waals surface area contributed by atoms with Gasteiger partial charge in [-0.3, -0.25) is 14.4 Å². The molecule has 2 aromatic carbocycles. The first kappa shape index (κ1) is 26.9. The second-order valence-corrected chi connectivity index (χ2v) is 9.12. The van der Waals surface area contributed by atoms with Gasteiger partial charge in [-0.2, -0.15) is 0 Å². The third-order valence-electron chi connectivity index (χ3n) is 5.58. The highest BCUT2D eigenvalue weighted by Gasteiger charge is 2.34. The first-order chi connectivity index (χ1) is 15.9. The third-order valence-corrected chi connectivity index (χ3v) is 5.83. The van der Waals surface area contributed by atoms with Gasteiger partial charge < -0.3 is 20.8 Å². The zero-order valence-electron chi connectivity index (χ0n) is 19.3. The van der Waals surface area contributed by atoms with E-state index in [1.54, 1.807) is 38.1 Å². The van der Waals surface area contributed by atoms with Crippen molar-refractivity contribution in [3.05, 3.63) is 70.2 Å². The number of nitrogens with one attached hydrogen (secondary N) is 2. The quantitative estimate of drug-likeness (QED) is 0.384. The van der Waals surface area contributed by atoms with Crippen LogP contribution in [-0.2, 0) is 31.0 Å². The summed E-state index contributed by atoms with van der Waals surface area (Å²) in [4.78, 5) is 48.7. The summed E-state index contributed by atoms with van der Waals surface area (Å²) in [5.74, 6) is -3.66. The maximum Gasteiger partial charge on any atom is 0.326 e. The molecule has 34 heavy (non-hydrogen) atoms. The Hall–Kier alpha value is -3.39. The molecule has 4 N–H and O–H groups in total. The Morgan fingerprint density at radius 3 is 2.03 bits per heavy atom. The predicted octanol–water partition coefficient (Wildman–Crippen LogP) is 3.09. The van der Waals surface area contributed by atoms with E-state index in [-0.39, 0.29) is 12.8 Å². The first-order valence-corrected chi connectivity index (χ1v) is 11.2. The Balaban J connectivity index is 2.27. The van der Waals surface area contributed by atoms with Gasteiger partial charge in [-0.25, -0.2) is 4.79 Å². The van der Waals surface area contributed by atoms with E-state index in [1.165, 1.54) is 0 Å². The number of benzene rings is 2. The summed E-state index contributed by atoms with van der Waals surface area (Å²) in [5, 5.41) is 23.9. The average molecular weight is 489 g/mol. The second kappa shape index (κ2) is 11.7. The van der Waals surface area contributed by atoms with Gasteiger partial charge in [0, 0.05) is 17.9 Å². The summed E-state index contributed by atoms with van der Waals surface area (Å²) >= 11 is 5.95. The lowest BCUT2D eigenvalue weighted by Crippen LogP contribution is -2.55. The number of aliphatic carboxylic acids is 2. The topological polar surface area (TPSA) is 133 Å². The maximum atomic E-state index is 13.2. The highest BCUT2D eigenvalue weighted by atomic mass is 35.5. The molecule has 2 amide bonds. The van der Waals surface area contributed by atoms with Crippen LogP contribution in [0, 0.1) is 6.92 Å². The monoisotopic (exact) mass is 488 g/mol. The molecule has 0 aromatic heterocycles. The number of aryl methyl sites for hydroxylation is 1. The average Bonchev–Trinajstić information content (AvgIpc) is 2.77. The number of carbonyl (C=O) groups excluding carboxylic acids is 2. The molecule has 9 heteroatoms. The van der Waals surface area contributed by atoms with Crippen LogP contribution in [0.3, 0.4) is 0 Å². The van der Waals surface area contributed by atoms with Gasteiger partial charge >= 0.3 is 11.9 Å². The van der Waals surface area contributed by atoms with Gasteiger partial charge in [-0.05, 0) is 50.5 Å². The zero-order valence-corrected chi connectivity index (χ0v) is 20.1. The van der Waals surface area contributed by atoms with Crippen molar-refractivity contribution in [3.8, 4) is 0 Å². The zero-order chi connectivity index (χ0) is 25.5. The second-order valence-electron chi connectivity index (χ2n) is 8.68. The van der Waals surface area contributed by atoms with Gasteiger partial charge in [0.25, 0.3) is 0 Å². The molecular formula is C25H29ClN2O6. The van der Waals surface area contributed by atoms with E-state index >= 15 is 0 Å². The van der Waals surface area contributed by atoms with Crippen LogP contribution in [0.4, 0.5) is 0 Å². The fourth-order valence-corrected chi connectivity index (χ4v) is 3.43. The van der Waals surface area contributed by atoms with Crippen LogP contribution in [0.2, 0.25) is 5.02 Å². The molecule has 0 aliphatic carbocycles. The van der Waals surface area contributed by atoms with Gasteiger partial charge in [0.1, 0.15) is 12.1 Å². The van der Waals surface area contributed by atoms with E-state index in [0.717, 1.165) is 11.1 Å². The van der Waals surface area contributed by atoms with Crippen molar-refractivity contribution in [3.63, 3.8) is 0 Å². The molecule has 2 rings (SSSR count). The smallest absolute Gasteiger partial charge is 0.326 e. The van der Waals surface area contributed by atoms with Crippen LogP contribution in [-0.4, -0.2) is 46.0 Å². The van der Waals surface area contributed by atoms with Crippen LogP contribution < -0.4 is 10.6 Å². The van der Waals surface area contributed by atoms with E-state index < -0.39 is 47.7 Å². The van der Waals surface area contributed by atoms with Crippen molar-refractivity contribution in [2.45, 2.75) is 57.5 Å². The standard InChI is InChI=1S/C25H29ClN2O6/c1-15-4-6-16(7-5-15)14-20(22(31)27-19(23(32)33)12-13-21(29)30)28-24(34)25(2,3)17-8-10-18(26)11-9-17/h4-11,19-20H,12-14H2,1-3H3,(H,27,31)(H,28,34)(H,29,30)(H,32,33)/t19-,20+/m1/s1. The Labute approximate surface area is 203 Å². The molecule has 0 saturated carbocycles. The van der Waals surface area contributed by atoms with Crippen molar-refractivity contribution in [1.82, 2.24) is 10.6 Å². The SMILES string of the molecule is Cc1ccc(C[C@H](NC(=O)C(C)(C)c2ccc(Cl)cc2)C(=O)N[C@H](CCC(=O)O)C(=O)O)cc1. The molecule has 0 bridgehead atoms. The lowest BCUT2D eigenvalue weighted by atomic mass is 9.83. The lowest BCUT2D eigenvalue weighted by molar-refractivity contribution is -0.143. The fraction of sp³-hybridized carbons (Fsp3) is 0.360. The summed E-state index contributed by atoms with van der Waals surface area (Å²) in [6.07, 6.45) is -0.576. The van der Waals surface area contributed by atoms with Crippen LogP contribution >= 0.6 is 11.6 Å². The number of carboxylic acid groups (broad SMARTS) is 2. The van der Waals surface area contributed by atoms with Crippen LogP contribution in [0.5, 0.6) is 0 Å². The fourth-order valence-electron chi connectivity index (χ4n) is 3.30. The number of rotatable bonds is 11. The molecule has 0 aliphatic rings. The highest BCUT2D eigenvalue weighted by Crippen LogP contribution is 2.25. The molecule has 8 nitrogen and oxygen atoms in total. The van der Waals surface area contributed by atoms with Crippen LogP contribution in [0.1, 0.15) is 43.4 Å². The lowest BCUT2D eigenvalue weighted by Gasteiger charge is -2.28. The van der Waals surface area contributed by atoms with Gasteiger partial charge in [0.15, 0.2) is 0 Å². The largest absolute Gasteiger partial charge is 0.481 e. The Morgan fingerprint density at radius 1 is 0.912 bits per heavy atom. The van der Waals surface area contributed by atoms with E-state index in [2.05, 4.69) is 10.6 Å². The Bertz CT molecular complexity index is 1030. The third kappa shape index (κ3) is 7.59. The summed E-state index contributed by atoms with van der Waals surface area (Å²) < 4.78 is 0. The number of carbonyl (C=O) groups is 4. The number of hydrogen-bond acceptors (Lipinski definition) is 4. The van der Waals surface area contributed by atoms with Gasteiger partial charge in [0.05, 0.1) is 5.41 Å². The van der Waals surface area contributed by atoms with Crippen molar-refractivity contribution in [1.29, 1.82) is 0 Å². The van der Waals surface area contributed by atoms with Crippen LogP contribution in [0.25, 0.3) is 0 Å². The van der Waals surface area contributed by atoms with Crippen molar-refractivity contribution >= 4 is 35.4 Å². The Morgan fingerprint density at radius 2 is 1.50 bits per heavy atom. The summed E-state index contributed by atoms with van der Waals surface area (Å²) in [5.41, 5.74) is 1.48. The van der Waals surface area contributed by atoms with Gasteiger partial charge in [-0.15, -0.1) is 0 Å². The molecule has 0 aliphatic heterocycles. The Kier molecular flexibility index (Phi) is 9.20. The van der Waals surface area contributed by atoms with Crippen molar-refractivity contribution < 1.29 is 29.4 Å². The number of carboxylic acids is 2. The molecule has 2 aromatic rings. The normalized spacial score (nSPS) is 12.9. The minimum atomic E-state index is -1.40. The molecule has 182 valence electrons. The minimum absolute atomic E-state index is 0.125. The first-order valence-electron chi connectivity index (χ1n) is 10.8. The summed E-state index contributed by atoms with van der Waals surface area (Å²) in [7, 11) is 0. The van der Waals surface area contributed by atoms with Crippen molar-refractivity contribution in [2.75, 3.05) is 0 Å². The molecular weight excluding hydrogens is 460 g/mol. The minimum Gasteiger partial charge on any atom is -0.481 e. The summed E-state index contributed by atoms with van der Waals surface area (Å²) in [6, 6.07) is 11.7. The molecule has 0 fully saturated rings. The molecule has 0 unspecified atom stereocenters. The van der Waals surface area contributed by atoms with E-state index in [9.17, 15) is 24.3 Å². The van der Waals surface area contributed by atoms with Crippen molar-refractivity contribution in [2.24, 2.45) is 0 Å². The van der Waals surface area contributed by atoms with Gasteiger partial charge in [0.2, 0.25) is 11.8 Å². The van der Waals surface area contributed by atoms with E-state index in [0.29, 0.717) is 10.6 Å². The highest BCUT2D eigenvalue weighted by molar-refractivity contribution is 6.30. The molecule has 0 saturated heterocycles. The van der Waals surface area contributed by atoms with E-state index in [1.807, 2.05) is 31.2 Å². The molecule has 0 heterocycles. The number of amides is 2. The number of hydrogen-bond donors (Lipinski definition) is 4. The summed E-state index contributed by atoms with van der Waals surface area (Å²) in [6.45, 7) is 5.34. The van der Waals surface area contributed by atoms with E-state index in [4.69, 9.17) is 16.7 Å². The number of halogens is 1. The molecule has 0 spiro atoms. The predicted molar refractivity (Wildman–Crippen MR) is 128 cm³/mol. The van der Waals surface area contributed by atoms with Gasteiger partial charge in [-0.1, -0.05) is 53.6 Å². The maximum absolute atomic E-state index is 13.2. The van der Waals surface area contributed by atoms with Crippen LogP contribution in [0.15, 0.2) is 48.5 Å². The molecule has 0 radical (unpaired) electrons. The molecule has 2 atom stereocenters.